The molecule has 0 bridgehead atoms. The number of fused-ring (bicyclic) bond motifs is 4. The summed E-state index contributed by atoms with van der Waals surface area (Å²) >= 11 is 1.64. The lowest BCUT2D eigenvalue weighted by molar-refractivity contribution is -0.117. The van der Waals surface area contributed by atoms with Crippen LogP contribution in [0.1, 0.15) is 36.5 Å². The summed E-state index contributed by atoms with van der Waals surface area (Å²) in [5.41, 5.74) is 1.77. The van der Waals surface area contributed by atoms with Crippen molar-refractivity contribution in [2.45, 2.75) is 39.7 Å². The maximum Gasteiger partial charge on any atom is 0.259 e. The van der Waals surface area contributed by atoms with E-state index in [9.17, 15) is 9.59 Å². The normalized spacial score (nSPS) is 17.2. The molecule has 9 heteroatoms. The highest BCUT2D eigenvalue weighted by Crippen LogP contribution is 2.35. The van der Waals surface area contributed by atoms with Gasteiger partial charge < -0.3 is 19.8 Å². The highest BCUT2D eigenvalue weighted by molar-refractivity contribution is 7.18. The van der Waals surface area contributed by atoms with Crippen molar-refractivity contribution in [2.75, 3.05) is 31.6 Å². The Bertz CT molecular complexity index is 1250. The molecule has 1 aromatic carbocycles. The number of likely N-dealkylation sites (N-methyl/N-ethyl adjacent to an activating group) is 1. The van der Waals surface area contributed by atoms with Gasteiger partial charge in [-0.1, -0.05) is 13.8 Å². The third-order valence-electron chi connectivity index (χ3n) is 6.23. The number of carbonyl (C=O) groups is 1. The molecule has 33 heavy (non-hydrogen) atoms. The summed E-state index contributed by atoms with van der Waals surface area (Å²) in [4.78, 5) is 37.3. The standard InChI is InChI=1S/C24H28N4O4S/c1-3-28(13-21(29)25-15-5-7-17-18(11-15)32-9-8-31-17)12-20-26-23(30)22-16-6-4-14(2)10-19(16)33-24(22)27-20/h5,7,11,14H,3-4,6,8-10,12-13H2,1-2H3,(H,25,29)(H,26,27,30)/t14-/m0/s1. The minimum atomic E-state index is -0.141. The van der Waals surface area contributed by atoms with Crippen molar-refractivity contribution in [1.82, 2.24) is 14.9 Å². The summed E-state index contributed by atoms with van der Waals surface area (Å²) in [5, 5.41) is 3.67. The molecule has 3 heterocycles. The minimum Gasteiger partial charge on any atom is -0.486 e. The van der Waals surface area contributed by atoms with Crippen LogP contribution in [0.3, 0.4) is 0 Å². The second kappa shape index (κ2) is 9.15. The molecule has 2 aromatic heterocycles. The van der Waals surface area contributed by atoms with Gasteiger partial charge in [0, 0.05) is 16.6 Å². The first-order chi connectivity index (χ1) is 16.0. The van der Waals surface area contributed by atoms with Crippen LogP contribution >= 0.6 is 11.3 Å². The van der Waals surface area contributed by atoms with Crippen molar-refractivity contribution >= 4 is 33.1 Å². The number of aromatic nitrogens is 2. The molecule has 0 radical (unpaired) electrons. The first kappa shape index (κ1) is 21.9. The fourth-order valence-electron chi connectivity index (χ4n) is 4.48. The number of hydrogen-bond acceptors (Lipinski definition) is 7. The number of aromatic amines is 1. The Balaban J connectivity index is 1.28. The van der Waals surface area contributed by atoms with Crippen molar-refractivity contribution < 1.29 is 14.3 Å². The molecule has 0 saturated carbocycles. The monoisotopic (exact) mass is 468 g/mol. The summed E-state index contributed by atoms with van der Waals surface area (Å²) in [6.07, 6.45) is 3.08. The topological polar surface area (TPSA) is 96.6 Å². The zero-order chi connectivity index (χ0) is 22.9. The van der Waals surface area contributed by atoms with Gasteiger partial charge in [-0.2, -0.15) is 0 Å². The highest BCUT2D eigenvalue weighted by atomic mass is 32.1. The summed E-state index contributed by atoms with van der Waals surface area (Å²) < 4.78 is 11.1. The lowest BCUT2D eigenvalue weighted by Crippen LogP contribution is -2.33. The number of nitrogens with zero attached hydrogens (tertiary/aromatic N) is 2. The van der Waals surface area contributed by atoms with Crippen molar-refractivity contribution in [1.29, 1.82) is 0 Å². The largest absolute Gasteiger partial charge is 0.486 e. The van der Waals surface area contributed by atoms with E-state index in [0.717, 1.165) is 29.5 Å². The first-order valence-electron chi connectivity index (χ1n) is 11.5. The fourth-order valence-corrected chi connectivity index (χ4v) is 5.89. The molecule has 1 aliphatic heterocycles. The van der Waals surface area contributed by atoms with E-state index in [0.29, 0.717) is 55.2 Å². The number of nitrogens with one attached hydrogen (secondary N) is 2. The van der Waals surface area contributed by atoms with Gasteiger partial charge in [-0.15, -0.1) is 11.3 Å². The second-order valence-electron chi connectivity index (χ2n) is 8.75. The number of benzene rings is 1. The number of H-pyrrole nitrogens is 1. The molecule has 0 unspecified atom stereocenters. The van der Waals surface area contributed by atoms with Crippen LogP contribution in [-0.2, 0) is 24.2 Å². The molecule has 174 valence electrons. The number of aryl methyl sites for hydroxylation is 1. The predicted octanol–water partition coefficient (Wildman–Crippen LogP) is 3.34. The molecule has 1 aliphatic carbocycles. The van der Waals surface area contributed by atoms with E-state index in [4.69, 9.17) is 14.5 Å². The van der Waals surface area contributed by atoms with Crippen LogP contribution in [0, 0.1) is 5.92 Å². The van der Waals surface area contributed by atoms with E-state index in [1.165, 1.54) is 10.4 Å². The van der Waals surface area contributed by atoms with Crippen molar-refractivity contribution in [3.05, 3.63) is 44.8 Å². The van der Waals surface area contributed by atoms with Crippen LogP contribution in [0.25, 0.3) is 10.2 Å². The van der Waals surface area contributed by atoms with Gasteiger partial charge in [-0.25, -0.2) is 4.98 Å². The number of rotatable bonds is 6. The zero-order valence-corrected chi connectivity index (χ0v) is 19.7. The highest BCUT2D eigenvalue weighted by Gasteiger charge is 2.23. The molecule has 1 atom stereocenters. The molecule has 2 N–H and O–H groups in total. The van der Waals surface area contributed by atoms with Gasteiger partial charge in [0.15, 0.2) is 11.5 Å². The fraction of sp³-hybridized carbons (Fsp3) is 0.458. The number of carbonyl (C=O) groups excluding carboxylic acids is 1. The Labute approximate surface area is 195 Å². The molecule has 3 aromatic rings. The smallest absolute Gasteiger partial charge is 0.259 e. The van der Waals surface area contributed by atoms with Gasteiger partial charge in [0.05, 0.1) is 18.5 Å². The van der Waals surface area contributed by atoms with Crippen LogP contribution in [0.15, 0.2) is 23.0 Å². The summed E-state index contributed by atoms with van der Waals surface area (Å²) in [5.74, 6) is 2.41. The van der Waals surface area contributed by atoms with Crippen LogP contribution in [0.4, 0.5) is 5.69 Å². The van der Waals surface area contributed by atoms with Crippen LogP contribution in [0.2, 0.25) is 0 Å². The summed E-state index contributed by atoms with van der Waals surface area (Å²) in [7, 11) is 0. The Hall–Kier alpha value is -2.91. The molecule has 0 fully saturated rings. The lowest BCUT2D eigenvalue weighted by Gasteiger charge is -2.21. The van der Waals surface area contributed by atoms with E-state index < -0.39 is 0 Å². The number of ether oxygens (including phenoxy) is 2. The minimum absolute atomic E-state index is 0.0705. The maximum absolute atomic E-state index is 12.9. The van der Waals surface area contributed by atoms with Gasteiger partial charge in [0.2, 0.25) is 5.91 Å². The summed E-state index contributed by atoms with van der Waals surface area (Å²) in [6, 6.07) is 5.37. The predicted molar refractivity (Wildman–Crippen MR) is 128 cm³/mol. The molecule has 2 aliphatic rings. The molecular weight excluding hydrogens is 440 g/mol. The lowest BCUT2D eigenvalue weighted by atomic mass is 9.89. The quantitative estimate of drug-likeness (QED) is 0.576. The molecule has 1 amide bonds. The van der Waals surface area contributed by atoms with E-state index >= 15 is 0 Å². The Morgan fingerprint density at radius 1 is 1.30 bits per heavy atom. The zero-order valence-electron chi connectivity index (χ0n) is 18.9. The SMILES string of the molecule is CCN(CC(=O)Nc1ccc2c(c1)OCCO2)Cc1nc2sc3c(c2c(=O)[nH]1)CC[C@H](C)C3. The van der Waals surface area contributed by atoms with E-state index in [1.54, 1.807) is 29.5 Å². The van der Waals surface area contributed by atoms with Gasteiger partial charge in [0.1, 0.15) is 23.9 Å². The third kappa shape index (κ3) is 4.60. The Morgan fingerprint density at radius 3 is 2.94 bits per heavy atom. The molecule has 8 nitrogen and oxygen atoms in total. The van der Waals surface area contributed by atoms with Crippen LogP contribution in [-0.4, -0.2) is 47.1 Å². The number of anilines is 1. The van der Waals surface area contributed by atoms with Crippen molar-refractivity contribution in [3.63, 3.8) is 0 Å². The van der Waals surface area contributed by atoms with Crippen LogP contribution in [0.5, 0.6) is 11.5 Å². The van der Waals surface area contributed by atoms with Gasteiger partial charge in [-0.05, 0) is 49.4 Å². The maximum atomic E-state index is 12.9. The van der Waals surface area contributed by atoms with Crippen LogP contribution < -0.4 is 20.3 Å². The average Bonchev–Trinajstić information content (AvgIpc) is 3.16. The molecule has 0 spiro atoms. The molecule has 5 rings (SSSR count). The number of amides is 1. The van der Waals surface area contributed by atoms with Gasteiger partial charge in [0.25, 0.3) is 5.56 Å². The molecular formula is C24H28N4O4S. The van der Waals surface area contributed by atoms with E-state index in [2.05, 4.69) is 17.2 Å². The number of hydrogen-bond donors (Lipinski definition) is 2. The van der Waals surface area contributed by atoms with Gasteiger partial charge in [-0.3, -0.25) is 14.5 Å². The van der Waals surface area contributed by atoms with Crippen molar-refractivity contribution in [2.24, 2.45) is 5.92 Å². The number of thiophene rings is 1. The Morgan fingerprint density at radius 2 is 2.12 bits per heavy atom. The average molecular weight is 469 g/mol. The first-order valence-corrected chi connectivity index (χ1v) is 12.3. The van der Waals surface area contributed by atoms with E-state index in [-0.39, 0.29) is 18.0 Å². The van der Waals surface area contributed by atoms with E-state index in [1.807, 2.05) is 11.8 Å². The second-order valence-corrected chi connectivity index (χ2v) is 9.84. The third-order valence-corrected chi connectivity index (χ3v) is 7.38. The Kier molecular flexibility index (Phi) is 6.07. The molecule has 0 saturated heterocycles. The van der Waals surface area contributed by atoms with Gasteiger partial charge >= 0.3 is 0 Å². The summed E-state index contributed by atoms with van der Waals surface area (Å²) in [6.45, 7) is 6.50. The van der Waals surface area contributed by atoms with Crippen molar-refractivity contribution in [3.8, 4) is 11.5 Å².